The molecule has 268 valence electrons. The minimum Gasteiger partial charge on any atom is -0.506 e. The molecule has 3 heterocycles. The Morgan fingerprint density at radius 2 is 1.65 bits per heavy atom. The van der Waals surface area contributed by atoms with Crippen LogP contribution >= 0.6 is 0 Å². The molecule has 0 saturated carbocycles. The quantitative estimate of drug-likeness (QED) is 0.186. The average Bonchev–Trinajstić information content (AvgIpc) is 3.06. The lowest BCUT2D eigenvalue weighted by molar-refractivity contribution is -0.176. The van der Waals surface area contributed by atoms with Crippen molar-refractivity contribution in [2.75, 3.05) is 0 Å². The molecule has 49 heavy (non-hydrogen) atoms. The number of allylic oxidation sites excluding steroid dienone is 4. The van der Waals surface area contributed by atoms with Gasteiger partial charge in [0.1, 0.15) is 40.1 Å². The number of rotatable bonds is 10. The number of benzene rings is 1. The maximum Gasteiger partial charge on any atom is 0.330 e. The molecule has 0 bridgehead atoms. The number of fused-ring (bicyclic) bond motifs is 2. The highest BCUT2D eigenvalue weighted by Gasteiger charge is 2.54. The summed E-state index contributed by atoms with van der Waals surface area (Å²) in [5, 5.41) is 21.2. The summed E-state index contributed by atoms with van der Waals surface area (Å²) >= 11 is 0. The predicted molar refractivity (Wildman–Crippen MR) is 192 cm³/mol. The van der Waals surface area contributed by atoms with Crippen LogP contribution in [0.15, 0.2) is 41.0 Å². The number of carbonyl (C=O) groups is 3. The van der Waals surface area contributed by atoms with Gasteiger partial charge in [-0.15, -0.1) is 0 Å². The summed E-state index contributed by atoms with van der Waals surface area (Å²) in [6.07, 6.45) is 11.7. The van der Waals surface area contributed by atoms with Crippen molar-refractivity contribution in [1.82, 2.24) is 0 Å². The normalized spacial score (nSPS) is 27.8. The summed E-state index contributed by atoms with van der Waals surface area (Å²) in [5.41, 5.74) is 1.03. The van der Waals surface area contributed by atoms with E-state index in [1.54, 1.807) is 6.92 Å². The molecule has 3 aliphatic rings. The van der Waals surface area contributed by atoms with Gasteiger partial charge in [-0.3, -0.25) is 9.59 Å². The molecular formula is C41H56O8. The second-order valence-electron chi connectivity index (χ2n) is 15.9. The highest BCUT2D eigenvalue weighted by Crippen LogP contribution is 2.54. The van der Waals surface area contributed by atoms with Crippen LogP contribution in [0.5, 0.6) is 17.2 Å². The largest absolute Gasteiger partial charge is 0.506 e. The SMILES string of the molecule is CC(C)=CCCC1(C)C=Cc2c(O)c3c(c(CC=C(C)C)c2O1)OC(C1CCC(=O)C(C)(C/C=C(/C)C(=O)O)OC1(C)C)C(C(C)C)C3=O. The van der Waals surface area contributed by atoms with Crippen LogP contribution < -0.4 is 9.47 Å². The van der Waals surface area contributed by atoms with Gasteiger partial charge in [-0.2, -0.15) is 0 Å². The van der Waals surface area contributed by atoms with Gasteiger partial charge in [0.25, 0.3) is 0 Å². The molecule has 0 radical (unpaired) electrons. The average molecular weight is 677 g/mol. The van der Waals surface area contributed by atoms with Gasteiger partial charge >= 0.3 is 5.97 Å². The number of phenolic OH excluding ortho intramolecular Hbond substituents is 1. The molecule has 1 saturated heterocycles. The van der Waals surface area contributed by atoms with Crippen LogP contribution in [0.1, 0.15) is 130 Å². The van der Waals surface area contributed by atoms with E-state index < -0.39 is 34.8 Å². The Hall–Kier alpha value is -3.65. The Labute approximate surface area is 292 Å². The van der Waals surface area contributed by atoms with Crippen molar-refractivity contribution in [3.63, 3.8) is 0 Å². The number of carboxylic acid groups (broad SMARTS) is 1. The number of carbonyl (C=O) groups excluding carboxylic acids is 2. The molecule has 2 N–H and O–H groups in total. The van der Waals surface area contributed by atoms with Gasteiger partial charge in [0.15, 0.2) is 11.6 Å². The lowest BCUT2D eigenvalue weighted by Crippen LogP contribution is -2.54. The number of phenols is 1. The first-order chi connectivity index (χ1) is 22.7. The number of hydrogen-bond donors (Lipinski definition) is 2. The Morgan fingerprint density at radius 3 is 2.24 bits per heavy atom. The van der Waals surface area contributed by atoms with Crippen LogP contribution in [0.4, 0.5) is 0 Å². The number of carboxylic acids is 1. The van der Waals surface area contributed by atoms with E-state index in [-0.39, 0.29) is 53.1 Å². The summed E-state index contributed by atoms with van der Waals surface area (Å²) in [6, 6.07) is 0. The molecular weight excluding hydrogens is 620 g/mol. The van der Waals surface area contributed by atoms with E-state index >= 15 is 0 Å². The van der Waals surface area contributed by atoms with Crippen molar-refractivity contribution in [2.45, 2.75) is 138 Å². The van der Waals surface area contributed by atoms with Gasteiger partial charge in [0.2, 0.25) is 0 Å². The predicted octanol–water partition coefficient (Wildman–Crippen LogP) is 8.98. The van der Waals surface area contributed by atoms with Crippen LogP contribution in [-0.4, -0.2) is 50.7 Å². The number of aliphatic carboxylic acids is 1. The molecule has 0 aliphatic carbocycles. The molecule has 5 atom stereocenters. The van der Waals surface area contributed by atoms with E-state index in [9.17, 15) is 24.6 Å². The molecule has 8 heteroatoms. The topological polar surface area (TPSA) is 119 Å². The molecule has 8 nitrogen and oxygen atoms in total. The van der Waals surface area contributed by atoms with Crippen molar-refractivity contribution in [3.05, 3.63) is 57.7 Å². The number of ether oxygens (including phenoxy) is 3. The van der Waals surface area contributed by atoms with E-state index in [1.165, 1.54) is 18.6 Å². The molecule has 1 fully saturated rings. The summed E-state index contributed by atoms with van der Waals surface area (Å²) in [7, 11) is 0. The van der Waals surface area contributed by atoms with E-state index in [0.717, 1.165) is 18.4 Å². The minimum absolute atomic E-state index is 0.116. The Morgan fingerprint density at radius 1 is 1.00 bits per heavy atom. The lowest BCUT2D eigenvalue weighted by atomic mass is 9.70. The molecule has 0 aromatic heterocycles. The van der Waals surface area contributed by atoms with Crippen LogP contribution in [0.3, 0.4) is 0 Å². The summed E-state index contributed by atoms with van der Waals surface area (Å²) in [6.45, 7) is 21.2. The zero-order valence-electron chi connectivity index (χ0n) is 31.3. The number of ketones is 2. The third-order valence-electron chi connectivity index (χ3n) is 10.4. The summed E-state index contributed by atoms with van der Waals surface area (Å²) in [4.78, 5) is 39.8. The van der Waals surface area contributed by atoms with Crippen LogP contribution in [0.25, 0.3) is 6.08 Å². The maximum absolute atomic E-state index is 14.7. The molecule has 4 rings (SSSR count). The molecule has 3 aliphatic heterocycles. The standard InChI is InChI=1S/C41H56O8/c1-23(2)13-12-20-40(10)21-19-27-33(43)32-34(44)31(25(5)6)37(47-36(32)28(35(27)48-40)15-14-24(3)4)29-16-17-30(42)41(11,49-39(29,8)9)22-18-26(7)38(45)46/h13-14,18-19,21,25,29,31,37,43H,12,15-17,20,22H2,1-11H3,(H,45,46)/b26-18-. The van der Waals surface area contributed by atoms with Crippen molar-refractivity contribution in [3.8, 4) is 17.2 Å². The van der Waals surface area contributed by atoms with Crippen LogP contribution in [0.2, 0.25) is 0 Å². The van der Waals surface area contributed by atoms with Crippen molar-refractivity contribution >= 4 is 23.6 Å². The number of Topliss-reactive ketones (excluding diaryl/α,β-unsaturated/α-hetero) is 2. The second-order valence-corrected chi connectivity index (χ2v) is 15.9. The molecule has 1 aromatic carbocycles. The molecule has 1 aromatic rings. The first-order valence-corrected chi connectivity index (χ1v) is 17.6. The Bertz CT molecular complexity index is 1610. The first kappa shape index (κ1) is 38.2. The number of aromatic hydroxyl groups is 1. The van der Waals surface area contributed by atoms with Gasteiger partial charge in [-0.25, -0.2) is 4.79 Å². The van der Waals surface area contributed by atoms with Crippen LogP contribution in [-0.2, 0) is 20.7 Å². The highest BCUT2D eigenvalue weighted by molar-refractivity contribution is 6.06. The van der Waals surface area contributed by atoms with Gasteiger partial charge in [-0.05, 0) is 106 Å². The summed E-state index contributed by atoms with van der Waals surface area (Å²) < 4.78 is 20.5. The molecule has 0 spiro atoms. The fourth-order valence-corrected chi connectivity index (χ4v) is 7.50. The summed E-state index contributed by atoms with van der Waals surface area (Å²) in [5.74, 6) is -1.78. The van der Waals surface area contributed by atoms with Crippen molar-refractivity contribution < 1.29 is 38.8 Å². The third kappa shape index (κ3) is 7.90. The Kier molecular flexibility index (Phi) is 11.1. The van der Waals surface area contributed by atoms with E-state index in [0.29, 0.717) is 35.5 Å². The van der Waals surface area contributed by atoms with Crippen molar-refractivity contribution in [1.29, 1.82) is 0 Å². The smallest absolute Gasteiger partial charge is 0.330 e. The maximum atomic E-state index is 14.7. The lowest BCUT2D eigenvalue weighted by Gasteiger charge is -2.46. The van der Waals surface area contributed by atoms with Gasteiger partial charge in [0, 0.05) is 29.9 Å². The van der Waals surface area contributed by atoms with E-state index in [2.05, 4.69) is 26.0 Å². The minimum atomic E-state index is -1.25. The molecule has 0 amide bonds. The first-order valence-electron chi connectivity index (χ1n) is 17.6. The fourth-order valence-electron chi connectivity index (χ4n) is 7.50. The van der Waals surface area contributed by atoms with Crippen LogP contribution in [0, 0.1) is 17.8 Å². The molecule has 5 unspecified atom stereocenters. The fraction of sp³-hybridized carbons (Fsp3) is 0.585. The van der Waals surface area contributed by atoms with Gasteiger partial charge in [0.05, 0.1) is 17.1 Å². The Balaban J connectivity index is 1.85. The highest BCUT2D eigenvalue weighted by atomic mass is 16.5. The van der Waals surface area contributed by atoms with Gasteiger partial charge in [-0.1, -0.05) is 43.2 Å². The third-order valence-corrected chi connectivity index (χ3v) is 10.4. The van der Waals surface area contributed by atoms with Gasteiger partial charge < -0.3 is 24.4 Å². The zero-order valence-corrected chi connectivity index (χ0v) is 31.3. The monoisotopic (exact) mass is 676 g/mol. The van der Waals surface area contributed by atoms with E-state index in [1.807, 2.05) is 60.6 Å². The van der Waals surface area contributed by atoms with Crippen molar-refractivity contribution in [2.24, 2.45) is 17.8 Å². The number of hydrogen-bond acceptors (Lipinski definition) is 7. The zero-order chi connectivity index (χ0) is 36.6. The van der Waals surface area contributed by atoms with E-state index in [4.69, 9.17) is 14.2 Å². The second kappa shape index (κ2) is 14.3.